The SMILES string of the molecule is C1=c2c(sc3c2ccc2c4ccccc4n(-c4ccccc4)c23)=C(c2nc(-c3ccccc3)nc(-c3ccc4c(c3)oc3cccc(-c5ccccc5)c34)n2)CC1. The number of nitrogens with zero attached hydrogens (tertiary/aromatic N) is 4. The summed E-state index contributed by atoms with van der Waals surface area (Å²) in [6.07, 6.45) is 4.15. The van der Waals surface area contributed by atoms with Crippen molar-refractivity contribution in [2.75, 3.05) is 0 Å². The van der Waals surface area contributed by atoms with Crippen LogP contribution >= 0.6 is 11.3 Å². The van der Waals surface area contributed by atoms with E-state index in [-0.39, 0.29) is 0 Å². The first-order chi connectivity index (χ1) is 28.3. The number of para-hydroxylation sites is 2. The standard InChI is InChI=1S/C51H32N4OS/c1-4-14-31(15-5-1)35-21-13-25-43-45(35)40-27-26-33(30-44(40)56-43)50-52-49(32-16-6-2-7-17-32)53-51(54-50)41-23-12-22-38-39-29-28-37-36-20-10-11-24-42(36)55(34-18-8-3-9-19-34)46(37)48(39)57-47(38)41/h1-11,13-22,24-30H,12,23H2. The molecule has 0 saturated carbocycles. The van der Waals surface area contributed by atoms with Gasteiger partial charge in [0.25, 0.3) is 0 Å². The quantitative estimate of drug-likeness (QED) is 0.176. The summed E-state index contributed by atoms with van der Waals surface area (Å²) in [6, 6.07) is 57.4. The maximum atomic E-state index is 6.54. The van der Waals surface area contributed by atoms with Crippen LogP contribution < -0.4 is 9.75 Å². The molecule has 0 bridgehead atoms. The highest BCUT2D eigenvalue weighted by atomic mass is 32.1. The first-order valence-corrected chi connectivity index (χ1v) is 20.1. The third-order valence-corrected chi connectivity index (χ3v) is 12.6. The van der Waals surface area contributed by atoms with E-state index in [9.17, 15) is 0 Å². The van der Waals surface area contributed by atoms with Crippen molar-refractivity contribution < 1.29 is 4.42 Å². The lowest BCUT2D eigenvalue weighted by Gasteiger charge is -2.12. The molecule has 4 heterocycles. The third kappa shape index (κ3) is 5.04. The summed E-state index contributed by atoms with van der Waals surface area (Å²) >= 11 is 1.86. The van der Waals surface area contributed by atoms with Gasteiger partial charge in [-0.15, -0.1) is 11.3 Å². The van der Waals surface area contributed by atoms with Crippen molar-refractivity contribution in [2.45, 2.75) is 12.8 Å². The molecule has 268 valence electrons. The average Bonchev–Trinajstić information content (AvgIpc) is 3.96. The number of furan rings is 1. The topological polar surface area (TPSA) is 56.7 Å². The molecule has 1 aliphatic rings. The van der Waals surface area contributed by atoms with Crippen LogP contribution in [0, 0.1) is 0 Å². The Bertz CT molecular complexity index is 3510. The highest BCUT2D eigenvalue weighted by Crippen LogP contribution is 2.40. The molecule has 0 unspecified atom stereocenters. The van der Waals surface area contributed by atoms with Crippen LogP contribution in [0.15, 0.2) is 168 Å². The van der Waals surface area contributed by atoms with Gasteiger partial charge in [-0.1, -0.05) is 133 Å². The predicted octanol–water partition coefficient (Wildman–Crippen LogP) is 11.9. The summed E-state index contributed by atoms with van der Waals surface area (Å²) in [7, 11) is 0. The summed E-state index contributed by atoms with van der Waals surface area (Å²) in [6.45, 7) is 0. The molecule has 4 aromatic heterocycles. The number of benzene rings is 7. The Morgan fingerprint density at radius 3 is 2.04 bits per heavy atom. The van der Waals surface area contributed by atoms with E-state index in [2.05, 4.69) is 144 Å². The van der Waals surface area contributed by atoms with Gasteiger partial charge < -0.3 is 8.98 Å². The highest BCUT2D eigenvalue weighted by Gasteiger charge is 2.22. The van der Waals surface area contributed by atoms with Crippen LogP contribution in [0.5, 0.6) is 0 Å². The van der Waals surface area contributed by atoms with Gasteiger partial charge in [0.15, 0.2) is 17.5 Å². The van der Waals surface area contributed by atoms with Crippen LogP contribution in [-0.4, -0.2) is 19.5 Å². The molecule has 0 N–H and O–H groups in total. The molecule has 57 heavy (non-hydrogen) atoms. The van der Waals surface area contributed by atoms with E-state index >= 15 is 0 Å². The summed E-state index contributed by atoms with van der Waals surface area (Å²) in [5, 5.41) is 7.22. The number of hydrogen-bond donors (Lipinski definition) is 0. The second kappa shape index (κ2) is 12.7. The Kier molecular flexibility index (Phi) is 7.16. The molecule has 0 saturated heterocycles. The van der Waals surface area contributed by atoms with Gasteiger partial charge in [-0.05, 0) is 65.6 Å². The molecule has 0 atom stereocenters. The van der Waals surface area contributed by atoms with Crippen LogP contribution in [0.25, 0.3) is 105 Å². The van der Waals surface area contributed by atoms with Crippen molar-refractivity contribution >= 4 is 76.8 Å². The number of aromatic nitrogens is 4. The smallest absolute Gasteiger partial charge is 0.164 e. The summed E-state index contributed by atoms with van der Waals surface area (Å²) in [4.78, 5) is 15.6. The molecule has 0 aliphatic heterocycles. The zero-order valence-electron chi connectivity index (χ0n) is 30.7. The number of rotatable bonds is 5. The zero-order valence-corrected chi connectivity index (χ0v) is 31.5. The van der Waals surface area contributed by atoms with Crippen LogP contribution in [0.4, 0.5) is 0 Å². The van der Waals surface area contributed by atoms with Crippen LogP contribution in [0.2, 0.25) is 0 Å². The monoisotopic (exact) mass is 748 g/mol. The minimum atomic E-state index is 0.626. The molecular formula is C51H32N4OS. The predicted molar refractivity (Wildman–Crippen MR) is 235 cm³/mol. The van der Waals surface area contributed by atoms with Crippen molar-refractivity contribution in [3.8, 4) is 39.6 Å². The summed E-state index contributed by atoms with van der Waals surface area (Å²) in [5.41, 5.74) is 10.6. The number of thiophene rings is 1. The molecule has 0 spiro atoms. The van der Waals surface area contributed by atoms with E-state index in [0.717, 1.165) is 74.1 Å². The molecule has 12 rings (SSSR count). The highest BCUT2D eigenvalue weighted by molar-refractivity contribution is 7.18. The number of fused-ring (bicyclic) bond motifs is 10. The van der Waals surface area contributed by atoms with Gasteiger partial charge in [-0.2, -0.15) is 0 Å². The third-order valence-electron chi connectivity index (χ3n) is 11.3. The fraction of sp³-hybridized carbons (Fsp3) is 0.0392. The van der Waals surface area contributed by atoms with Crippen molar-refractivity contribution in [1.82, 2.24) is 19.5 Å². The van der Waals surface area contributed by atoms with E-state index in [1.807, 2.05) is 41.7 Å². The van der Waals surface area contributed by atoms with E-state index in [1.54, 1.807) is 0 Å². The Balaban J connectivity index is 1.09. The number of hydrogen-bond acceptors (Lipinski definition) is 5. The van der Waals surface area contributed by atoms with E-state index in [0.29, 0.717) is 11.6 Å². The molecule has 6 heteroatoms. The normalized spacial score (nSPS) is 12.9. The maximum Gasteiger partial charge on any atom is 0.164 e. The van der Waals surface area contributed by atoms with Gasteiger partial charge in [-0.25, -0.2) is 15.0 Å². The molecule has 5 nitrogen and oxygen atoms in total. The molecule has 7 aromatic carbocycles. The van der Waals surface area contributed by atoms with Gasteiger partial charge in [0, 0.05) is 53.9 Å². The lowest BCUT2D eigenvalue weighted by Crippen LogP contribution is -2.26. The fourth-order valence-electron chi connectivity index (χ4n) is 8.76. The summed E-state index contributed by atoms with van der Waals surface area (Å²) in [5.74, 6) is 2.00. The van der Waals surface area contributed by atoms with Crippen molar-refractivity contribution in [3.63, 3.8) is 0 Å². The first-order valence-electron chi connectivity index (χ1n) is 19.3. The van der Waals surface area contributed by atoms with Crippen LogP contribution in [-0.2, 0) is 0 Å². The van der Waals surface area contributed by atoms with Gasteiger partial charge in [0.2, 0.25) is 0 Å². The largest absolute Gasteiger partial charge is 0.456 e. The van der Waals surface area contributed by atoms with Gasteiger partial charge in [-0.3, -0.25) is 0 Å². The lowest BCUT2D eigenvalue weighted by atomic mass is 9.99. The molecule has 0 fully saturated rings. The Hall–Kier alpha value is -7.15. The maximum absolute atomic E-state index is 6.54. The van der Waals surface area contributed by atoms with E-state index in [1.165, 1.54) is 41.6 Å². The van der Waals surface area contributed by atoms with Gasteiger partial charge in [0.05, 0.1) is 15.7 Å². The summed E-state index contributed by atoms with van der Waals surface area (Å²) < 4.78 is 11.5. The second-order valence-electron chi connectivity index (χ2n) is 14.6. The Morgan fingerprint density at radius 2 is 1.21 bits per heavy atom. The zero-order chi connectivity index (χ0) is 37.5. The van der Waals surface area contributed by atoms with Crippen molar-refractivity contribution in [2.24, 2.45) is 0 Å². The Morgan fingerprint density at radius 1 is 0.526 bits per heavy atom. The average molecular weight is 749 g/mol. The molecule has 0 amide bonds. The fourth-order valence-corrected chi connectivity index (χ4v) is 10.2. The molecular weight excluding hydrogens is 717 g/mol. The van der Waals surface area contributed by atoms with Gasteiger partial charge >= 0.3 is 0 Å². The van der Waals surface area contributed by atoms with E-state index in [4.69, 9.17) is 19.4 Å². The van der Waals surface area contributed by atoms with Crippen LogP contribution in [0.1, 0.15) is 18.7 Å². The molecule has 11 aromatic rings. The second-order valence-corrected chi connectivity index (χ2v) is 15.6. The Labute approximate surface area is 331 Å². The van der Waals surface area contributed by atoms with Crippen molar-refractivity contribution in [3.05, 3.63) is 179 Å². The lowest BCUT2D eigenvalue weighted by molar-refractivity contribution is 0.669. The van der Waals surface area contributed by atoms with Crippen molar-refractivity contribution in [1.29, 1.82) is 0 Å². The van der Waals surface area contributed by atoms with Gasteiger partial charge in [0.1, 0.15) is 11.2 Å². The van der Waals surface area contributed by atoms with Crippen LogP contribution in [0.3, 0.4) is 0 Å². The molecule has 1 aliphatic carbocycles. The minimum Gasteiger partial charge on any atom is -0.456 e. The molecule has 0 radical (unpaired) electrons. The minimum absolute atomic E-state index is 0.626. The van der Waals surface area contributed by atoms with E-state index < -0.39 is 0 Å². The first kappa shape index (κ1) is 32.1.